The van der Waals surface area contributed by atoms with Crippen LogP contribution in [-0.2, 0) is 57.1 Å². The molecule has 0 bridgehead atoms. The average Bonchev–Trinajstić information content (AvgIpc) is 2.97. The van der Waals surface area contributed by atoms with E-state index < -0.39 is 0 Å². The molecule has 0 atom stereocenters. The van der Waals surface area contributed by atoms with Crippen molar-refractivity contribution in [1.29, 1.82) is 0 Å². The van der Waals surface area contributed by atoms with Gasteiger partial charge >= 0.3 is 23.9 Å². The highest BCUT2D eigenvalue weighted by atomic mass is 16.6. The lowest BCUT2D eigenvalue weighted by Gasteiger charge is -2.04. The second-order valence-corrected chi connectivity index (χ2v) is 8.88. The van der Waals surface area contributed by atoms with Crippen molar-refractivity contribution >= 4 is 23.9 Å². The van der Waals surface area contributed by atoms with Gasteiger partial charge in [0.1, 0.15) is 26.4 Å². The largest absolute Gasteiger partial charge is 0.460 e. The van der Waals surface area contributed by atoms with E-state index in [0.29, 0.717) is 88.4 Å². The van der Waals surface area contributed by atoms with Crippen LogP contribution < -0.4 is 0 Å². The maximum atomic E-state index is 10.8. The van der Waals surface area contributed by atoms with Gasteiger partial charge in [-0.2, -0.15) is 0 Å². The molecule has 0 aromatic rings. The number of hydrogen-bond donors (Lipinski definition) is 0. The Balaban J connectivity index is -0.000000243. The Labute approximate surface area is 264 Å². The van der Waals surface area contributed by atoms with E-state index in [1.165, 1.54) is 0 Å². The van der Waals surface area contributed by atoms with Gasteiger partial charge in [0.05, 0.1) is 26.4 Å². The van der Waals surface area contributed by atoms with Crippen LogP contribution in [0.3, 0.4) is 0 Å². The molecule has 44 heavy (non-hydrogen) atoms. The van der Waals surface area contributed by atoms with E-state index in [-0.39, 0.29) is 23.9 Å². The fraction of sp³-hybridized carbons (Fsp3) is 0.625. The van der Waals surface area contributed by atoms with Gasteiger partial charge in [0, 0.05) is 49.7 Å². The quantitative estimate of drug-likeness (QED) is 0.0803. The van der Waals surface area contributed by atoms with Crippen LogP contribution in [0.2, 0.25) is 0 Å². The molecule has 0 amide bonds. The van der Waals surface area contributed by atoms with Gasteiger partial charge in [0.25, 0.3) is 0 Å². The molecule has 0 N–H and O–H groups in total. The number of rotatable bonds is 20. The first kappa shape index (κ1) is 47.6. The predicted molar refractivity (Wildman–Crippen MR) is 169 cm³/mol. The summed E-state index contributed by atoms with van der Waals surface area (Å²) in [7, 11) is 3.10. The molecular weight excluding hydrogens is 576 g/mol. The van der Waals surface area contributed by atoms with Gasteiger partial charge in [-0.05, 0) is 40.5 Å². The van der Waals surface area contributed by atoms with Crippen molar-refractivity contribution in [2.45, 2.75) is 54.4 Å². The first-order chi connectivity index (χ1) is 20.7. The topological polar surface area (TPSA) is 142 Å². The van der Waals surface area contributed by atoms with Crippen molar-refractivity contribution in [2.75, 3.05) is 80.3 Å². The van der Waals surface area contributed by atoms with Crippen molar-refractivity contribution in [1.82, 2.24) is 0 Å². The predicted octanol–water partition coefficient (Wildman–Crippen LogP) is 4.57. The first-order valence-corrected chi connectivity index (χ1v) is 14.2. The van der Waals surface area contributed by atoms with Crippen molar-refractivity contribution in [3.05, 3.63) is 48.6 Å². The summed E-state index contributed by atoms with van der Waals surface area (Å²) < 4.78 is 38.5. The van der Waals surface area contributed by atoms with Gasteiger partial charge in [0.15, 0.2) is 0 Å². The summed E-state index contributed by atoms with van der Waals surface area (Å²) in [6, 6.07) is 0. The molecule has 12 nitrogen and oxygen atoms in total. The molecule has 0 radical (unpaired) electrons. The third-order valence-corrected chi connectivity index (χ3v) is 4.05. The van der Waals surface area contributed by atoms with Crippen LogP contribution in [0.5, 0.6) is 0 Å². The SMILES string of the molecule is C=C(C)C(=O)OCCOC.C=C(C)C(=O)OCCOC.C=C(C)C(=O)OCCOCCC.C=C(C)C(=O)OCCOCCC. The minimum atomic E-state index is -0.364. The van der Waals surface area contributed by atoms with E-state index in [9.17, 15) is 19.2 Å². The van der Waals surface area contributed by atoms with Crippen molar-refractivity contribution in [3.63, 3.8) is 0 Å². The second kappa shape index (κ2) is 35.9. The van der Waals surface area contributed by atoms with Crippen LogP contribution in [0.15, 0.2) is 48.6 Å². The lowest BCUT2D eigenvalue weighted by Crippen LogP contribution is -2.11. The number of methoxy groups -OCH3 is 2. The summed E-state index contributed by atoms with van der Waals surface area (Å²) >= 11 is 0. The van der Waals surface area contributed by atoms with E-state index in [4.69, 9.17) is 18.9 Å². The minimum Gasteiger partial charge on any atom is -0.460 e. The Kier molecular flexibility index (Phi) is 38.8. The van der Waals surface area contributed by atoms with E-state index in [2.05, 4.69) is 45.3 Å². The number of carbonyl (C=O) groups excluding carboxylic acids is 4. The zero-order chi connectivity index (χ0) is 34.8. The van der Waals surface area contributed by atoms with Gasteiger partial charge in [-0.15, -0.1) is 0 Å². The molecule has 0 aliphatic heterocycles. The minimum absolute atomic E-state index is 0.294. The van der Waals surface area contributed by atoms with E-state index in [0.717, 1.165) is 12.8 Å². The number of esters is 4. The molecule has 0 heterocycles. The average molecular weight is 633 g/mol. The maximum Gasteiger partial charge on any atom is 0.333 e. The Morgan fingerprint density at radius 1 is 0.409 bits per heavy atom. The summed E-state index contributed by atoms with van der Waals surface area (Å²) in [5.41, 5.74) is 1.67. The number of hydrogen-bond acceptors (Lipinski definition) is 12. The molecule has 0 saturated heterocycles. The number of carbonyl (C=O) groups is 4. The summed E-state index contributed by atoms with van der Waals surface area (Å²) in [4.78, 5) is 42.9. The summed E-state index contributed by atoms with van der Waals surface area (Å²) in [6.07, 6.45) is 1.96. The molecule has 256 valence electrons. The standard InChI is InChI=1S/2C9H16O3.2C7H12O3/c2*1-4-5-11-6-7-12-9(10)8(2)3;2*1-6(2)7(8)10-5-4-9-3/h2*2,4-7H2,1,3H3;2*1,4-5H2,2-3H3. The highest BCUT2D eigenvalue weighted by Gasteiger charge is 2.03. The molecule has 0 aromatic carbocycles. The van der Waals surface area contributed by atoms with Gasteiger partial charge in [-0.3, -0.25) is 0 Å². The second-order valence-electron chi connectivity index (χ2n) is 8.88. The van der Waals surface area contributed by atoms with Gasteiger partial charge in [0.2, 0.25) is 0 Å². The van der Waals surface area contributed by atoms with Crippen molar-refractivity contribution in [2.24, 2.45) is 0 Å². The van der Waals surface area contributed by atoms with Gasteiger partial charge in [-0.1, -0.05) is 40.2 Å². The van der Waals surface area contributed by atoms with Crippen LogP contribution >= 0.6 is 0 Å². The fourth-order valence-corrected chi connectivity index (χ4v) is 1.81. The number of ether oxygens (including phenoxy) is 8. The van der Waals surface area contributed by atoms with Gasteiger partial charge in [-0.25, -0.2) is 19.2 Å². The van der Waals surface area contributed by atoms with Crippen LogP contribution in [0.4, 0.5) is 0 Å². The third-order valence-electron chi connectivity index (χ3n) is 4.05. The molecule has 0 rings (SSSR count). The molecule has 0 saturated carbocycles. The molecule has 12 heteroatoms. The first-order valence-electron chi connectivity index (χ1n) is 14.2. The highest BCUT2D eigenvalue weighted by molar-refractivity contribution is 5.88. The van der Waals surface area contributed by atoms with Crippen molar-refractivity contribution < 1.29 is 57.1 Å². The molecule has 0 spiro atoms. The van der Waals surface area contributed by atoms with Crippen molar-refractivity contribution in [3.8, 4) is 0 Å². The maximum absolute atomic E-state index is 10.8. The zero-order valence-electron chi connectivity index (χ0n) is 28.2. The molecule has 0 fully saturated rings. The molecule has 0 aliphatic carbocycles. The normalized spacial score (nSPS) is 9.27. The van der Waals surface area contributed by atoms with Gasteiger partial charge < -0.3 is 37.9 Å². The summed E-state index contributed by atoms with van der Waals surface area (Å²) in [6.45, 7) is 28.7. The summed E-state index contributed by atoms with van der Waals surface area (Å²) in [5, 5.41) is 0. The summed E-state index contributed by atoms with van der Waals surface area (Å²) in [5.74, 6) is -1.43. The van der Waals surface area contributed by atoms with Crippen LogP contribution in [0, 0.1) is 0 Å². The van der Waals surface area contributed by atoms with Crippen LogP contribution in [-0.4, -0.2) is 104 Å². The Morgan fingerprint density at radius 2 is 0.636 bits per heavy atom. The highest BCUT2D eigenvalue weighted by Crippen LogP contribution is 1.93. The molecular formula is C32H56O12. The monoisotopic (exact) mass is 632 g/mol. The Bertz CT molecular complexity index is 765. The lowest BCUT2D eigenvalue weighted by atomic mass is 10.4. The molecule has 0 aliphatic rings. The van der Waals surface area contributed by atoms with E-state index in [1.807, 2.05) is 13.8 Å². The Hall–Kier alpha value is -3.32. The van der Waals surface area contributed by atoms with Crippen LogP contribution in [0.25, 0.3) is 0 Å². The van der Waals surface area contributed by atoms with E-state index >= 15 is 0 Å². The Morgan fingerprint density at radius 3 is 0.818 bits per heavy atom. The third kappa shape index (κ3) is 40.8. The molecule has 0 unspecified atom stereocenters. The molecule has 0 aromatic heterocycles. The lowest BCUT2D eigenvalue weighted by molar-refractivity contribution is -0.141. The fourth-order valence-electron chi connectivity index (χ4n) is 1.81. The smallest absolute Gasteiger partial charge is 0.333 e. The van der Waals surface area contributed by atoms with E-state index in [1.54, 1.807) is 41.9 Å². The van der Waals surface area contributed by atoms with Crippen LogP contribution in [0.1, 0.15) is 54.4 Å². The zero-order valence-corrected chi connectivity index (χ0v) is 28.2.